The van der Waals surface area contributed by atoms with Crippen LogP contribution in [0.4, 0.5) is 4.39 Å². The van der Waals surface area contributed by atoms with Gasteiger partial charge in [0.05, 0.1) is 5.75 Å². The van der Waals surface area contributed by atoms with E-state index in [1.807, 2.05) is 6.92 Å². The monoisotopic (exact) mass is 418 g/mol. The molecule has 1 aromatic heterocycles. The largest absolute Gasteiger partial charge is 0.252 e. The van der Waals surface area contributed by atoms with Gasteiger partial charge in [0.2, 0.25) is 10.0 Å². The molecule has 1 aliphatic heterocycles. The molecular formula is C16H19FN2O4S3. The molecule has 1 aliphatic rings. The fraction of sp³-hybridized carbons (Fsp3) is 0.375. The van der Waals surface area contributed by atoms with Crippen molar-refractivity contribution < 1.29 is 21.2 Å². The molecule has 0 unspecified atom stereocenters. The third kappa shape index (κ3) is 4.15. The van der Waals surface area contributed by atoms with Crippen molar-refractivity contribution >= 4 is 31.4 Å². The van der Waals surface area contributed by atoms with Crippen molar-refractivity contribution in [3.05, 3.63) is 52.7 Å². The van der Waals surface area contributed by atoms with E-state index in [2.05, 4.69) is 0 Å². The first-order valence-corrected chi connectivity index (χ1v) is 11.8. The van der Waals surface area contributed by atoms with Gasteiger partial charge in [-0.3, -0.25) is 0 Å². The predicted octanol–water partition coefficient (Wildman–Crippen LogP) is 2.03. The number of hydrogen-bond donors (Lipinski definition) is 0. The van der Waals surface area contributed by atoms with Crippen LogP contribution in [-0.4, -0.2) is 51.6 Å². The van der Waals surface area contributed by atoms with Crippen molar-refractivity contribution in [3.63, 3.8) is 0 Å². The molecule has 2 aromatic rings. The lowest BCUT2D eigenvalue weighted by Gasteiger charge is -2.33. The second-order valence-corrected chi connectivity index (χ2v) is 11.5. The van der Waals surface area contributed by atoms with Crippen molar-refractivity contribution in [1.29, 1.82) is 0 Å². The number of nitrogens with zero attached hydrogens (tertiary/aromatic N) is 2. The summed E-state index contributed by atoms with van der Waals surface area (Å²) in [4.78, 5) is 0.907. The Morgan fingerprint density at radius 1 is 0.923 bits per heavy atom. The first kappa shape index (κ1) is 19.4. The second kappa shape index (κ2) is 7.35. The van der Waals surface area contributed by atoms with Gasteiger partial charge in [-0.2, -0.15) is 8.61 Å². The Kier molecular flexibility index (Phi) is 5.50. The summed E-state index contributed by atoms with van der Waals surface area (Å²) in [5.74, 6) is -0.654. The molecule has 0 amide bonds. The highest BCUT2D eigenvalue weighted by atomic mass is 32.2. The normalized spacial score (nSPS) is 17.5. The van der Waals surface area contributed by atoms with Crippen LogP contribution < -0.4 is 0 Å². The van der Waals surface area contributed by atoms with Gasteiger partial charge >= 0.3 is 0 Å². The number of hydrogen-bond acceptors (Lipinski definition) is 5. The summed E-state index contributed by atoms with van der Waals surface area (Å²) in [6.45, 7) is 2.27. The molecule has 0 bridgehead atoms. The zero-order valence-electron chi connectivity index (χ0n) is 14.1. The van der Waals surface area contributed by atoms with Gasteiger partial charge in [0.15, 0.2) is 0 Å². The fourth-order valence-electron chi connectivity index (χ4n) is 2.75. The van der Waals surface area contributed by atoms with Crippen LogP contribution in [0, 0.1) is 12.7 Å². The number of thiophene rings is 1. The van der Waals surface area contributed by atoms with E-state index >= 15 is 0 Å². The van der Waals surface area contributed by atoms with Crippen LogP contribution >= 0.6 is 11.3 Å². The number of rotatable bonds is 5. The summed E-state index contributed by atoms with van der Waals surface area (Å²) in [7, 11) is -7.17. The van der Waals surface area contributed by atoms with E-state index in [-0.39, 0.29) is 36.1 Å². The van der Waals surface area contributed by atoms with Gasteiger partial charge in [0.25, 0.3) is 10.0 Å². The Hall–Kier alpha value is -1.33. The van der Waals surface area contributed by atoms with Crippen molar-refractivity contribution in [2.75, 3.05) is 26.2 Å². The zero-order valence-corrected chi connectivity index (χ0v) is 16.6. The summed E-state index contributed by atoms with van der Waals surface area (Å²) in [6, 6.07) is 8.64. The minimum atomic E-state index is -3.59. The van der Waals surface area contributed by atoms with Gasteiger partial charge in [-0.1, -0.05) is 12.1 Å². The standard InChI is InChI=1S/C16H19FN2O4S3/c1-13-2-7-16(24-13)26(22,23)19-10-8-18(9-11-19)25(20,21)12-14-3-5-15(17)6-4-14/h2-7H,8-12H2,1H3. The summed E-state index contributed by atoms with van der Waals surface area (Å²) >= 11 is 1.21. The molecule has 1 fully saturated rings. The topological polar surface area (TPSA) is 74.8 Å². The van der Waals surface area contributed by atoms with E-state index in [1.165, 1.54) is 44.2 Å². The van der Waals surface area contributed by atoms with Crippen LogP contribution in [-0.2, 0) is 25.8 Å². The van der Waals surface area contributed by atoms with Crippen molar-refractivity contribution in [2.45, 2.75) is 16.9 Å². The van der Waals surface area contributed by atoms with Crippen molar-refractivity contribution in [3.8, 4) is 0 Å². The van der Waals surface area contributed by atoms with Gasteiger partial charge in [-0.15, -0.1) is 11.3 Å². The summed E-state index contributed by atoms with van der Waals surface area (Å²) in [5.41, 5.74) is 0.496. The molecule has 142 valence electrons. The van der Waals surface area contributed by atoms with Gasteiger partial charge in [-0.05, 0) is 36.8 Å². The molecule has 26 heavy (non-hydrogen) atoms. The van der Waals surface area contributed by atoms with E-state index in [4.69, 9.17) is 0 Å². The summed E-state index contributed by atoms with van der Waals surface area (Å²) < 4.78 is 66.1. The van der Waals surface area contributed by atoms with Crippen LogP contribution in [0.15, 0.2) is 40.6 Å². The highest BCUT2D eigenvalue weighted by Crippen LogP contribution is 2.25. The third-order valence-corrected chi connectivity index (χ3v) is 9.38. The molecule has 0 saturated carbocycles. The molecule has 1 saturated heterocycles. The molecule has 0 aliphatic carbocycles. The molecular weight excluding hydrogens is 399 g/mol. The lowest BCUT2D eigenvalue weighted by atomic mass is 10.2. The maximum absolute atomic E-state index is 12.9. The van der Waals surface area contributed by atoms with E-state index in [9.17, 15) is 21.2 Å². The number of aryl methyl sites for hydroxylation is 1. The van der Waals surface area contributed by atoms with Crippen molar-refractivity contribution in [1.82, 2.24) is 8.61 Å². The lowest BCUT2D eigenvalue weighted by Crippen LogP contribution is -2.50. The molecule has 0 spiro atoms. The van der Waals surface area contributed by atoms with Crippen LogP contribution in [0.25, 0.3) is 0 Å². The zero-order chi connectivity index (χ0) is 18.9. The number of halogens is 1. The van der Waals surface area contributed by atoms with Crippen LogP contribution in [0.2, 0.25) is 0 Å². The highest BCUT2D eigenvalue weighted by molar-refractivity contribution is 7.91. The molecule has 2 heterocycles. The Bertz CT molecular complexity index is 977. The first-order valence-electron chi connectivity index (χ1n) is 7.97. The highest BCUT2D eigenvalue weighted by Gasteiger charge is 2.33. The minimum absolute atomic E-state index is 0.104. The smallest absolute Gasteiger partial charge is 0.212 e. The number of sulfonamides is 2. The maximum atomic E-state index is 12.9. The van der Waals surface area contributed by atoms with E-state index in [1.54, 1.807) is 12.1 Å². The quantitative estimate of drug-likeness (QED) is 0.745. The van der Waals surface area contributed by atoms with Crippen LogP contribution in [0.5, 0.6) is 0 Å². The van der Waals surface area contributed by atoms with Gasteiger partial charge in [-0.25, -0.2) is 21.2 Å². The van der Waals surface area contributed by atoms with Gasteiger partial charge in [0.1, 0.15) is 10.0 Å². The van der Waals surface area contributed by atoms with Crippen LogP contribution in [0.1, 0.15) is 10.4 Å². The van der Waals surface area contributed by atoms with Crippen LogP contribution in [0.3, 0.4) is 0 Å². The Balaban J connectivity index is 1.66. The molecule has 0 radical (unpaired) electrons. The fourth-order valence-corrected chi connectivity index (χ4v) is 7.12. The Morgan fingerprint density at radius 3 is 2.04 bits per heavy atom. The lowest BCUT2D eigenvalue weighted by molar-refractivity contribution is 0.273. The van der Waals surface area contributed by atoms with Gasteiger partial charge < -0.3 is 0 Å². The predicted molar refractivity (Wildman–Crippen MR) is 98.4 cm³/mol. The average Bonchev–Trinajstić information content (AvgIpc) is 3.04. The Morgan fingerprint density at radius 2 is 1.50 bits per heavy atom. The second-order valence-electron chi connectivity index (χ2n) is 6.05. The van der Waals surface area contributed by atoms with E-state index < -0.39 is 25.9 Å². The minimum Gasteiger partial charge on any atom is -0.212 e. The Labute approximate surface area is 157 Å². The maximum Gasteiger partial charge on any atom is 0.252 e. The first-order chi connectivity index (χ1) is 12.2. The molecule has 0 atom stereocenters. The number of benzene rings is 1. The van der Waals surface area contributed by atoms with E-state index in [0.717, 1.165) is 4.88 Å². The molecule has 3 rings (SSSR count). The molecule has 10 heteroatoms. The summed E-state index contributed by atoms with van der Waals surface area (Å²) in [5, 5.41) is 0. The van der Waals surface area contributed by atoms with Gasteiger partial charge in [0, 0.05) is 31.1 Å². The van der Waals surface area contributed by atoms with Crippen molar-refractivity contribution in [2.24, 2.45) is 0 Å². The molecule has 0 N–H and O–H groups in total. The summed E-state index contributed by atoms with van der Waals surface area (Å²) in [6.07, 6.45) is 0. The average molecular weight is 419 g/mol. The SMILES string of the molecule is Cc1ccc(S(=O)(=O)N2CCN(S(=O)(=O)Cc3ccc(F)cc3)CC2)s1. The van der Waals surface area contributed by atoms with E-state index in [0.29, 0.717) is 5.56 Å². The third-order valence-electron chi connectivity index (χ3n) is 4.16. The molecule has 1 aromatic carbocycles. The number of piperazine rings is 1. The molecule has 6 nitrogen and oxygen atoms in total.